The molecule has 0 bridgehead atoms. The van der Waals surface area contributed by atoms with E-state index in [9.17, 15) is 4.79 Å². The molecule has 0 aromatic rings. The van der Waals surface area contributed by atoms with Gasteiger partial charge in [0.25, 0.3) is 0 Å². The van der Waals surface area contributed by atoms with Gasteiger partial charge in [0.05, 0.1) is 6.61 Å². The van der Waals surface area contributed by atoms with Gasteiger partial charge in [-0.25, -0.2) is 0 Å². The average Bonchev–Trinajstić information content (AvgIpc) is 2.63. The molecule has 1 rings (SSSR count). The SMILES string of the molecule is CC1(C)OC[C@H](C(=O)CCCO[Si](C)(C)C(C)(C)C)O1. The van der Waals surface area contributed by atoms with E-state index in [0.29, 0.717) is 19.6 Å². The Morgan fingerprint density at radius 2 is 1.95 bits per heavy atom. The van der Waals surface area contributed by atoms with Crippen LogP contribution in [0.1, 0.15) is 47.5 Å². The van der Waals surface area contributed by atoms with Crippen molar-refractivity contribution in [3.8, 4) is 0 Å². The predicted octanol–water partition coefficient (Wildman–Crippen LogP) is 3.51. The van der Waals surface area contributed by atoms with Crippen LogP contribution in [0, 0.1) is 0 Å². The Labute approximate surface area is 124 Å². The summed E-state index contributed by atoms with van der Waals surface area (Å²) in [7, 11) is -1.70. The quantitative estimate of drug-likeness (QED) is 0.556. The molecule has 1 atom stereocenters. The van der Waals surface area contributed by atoms with Crippen molar-refractivity contribution in [2.24, 2.45) is 0 Å². The number of Topliss-reactive ketones (excluding diaryl/α,β-unsaturated/α-hetero) is 1. The van der Waals surface area contributed by atoms with Crippen molar-refractivity contribution in [1.82, 2.24) is 0 Å². The maximum absolute atomic E-state index is 12.0. The normalized spacial score (nSPS) is 23.1. The molecule has 1 aliphatic heterocycles. The van der Waals surface area contributed by atoms with E-state index in [1.54, 1.807) is 0 Å². The topological polar surface area (TPSA) is 44.8 Å². The second-order valence-corrected chi connectivity index (χ2v) is 12.3. The van der Waals surface area contributed by atoms with Gasteiger partial charge in [-0.1, -0.05) is 20.8 Å². The van der Waals surface area contributed by atoms with Crippen LogP contribution in [0.5, 0.6) is 0 Å². The van der Waals surface area contributed by atoms with Crippen LogP contribution in [0.15, 0.2) is 0 Å². The molecule has 0 aromatic carbocycles. The predicted molar refractivity (Wildman–Crippen MR) is 82.3 cm³/mol. The lowest BCUT2D eigenvalue weighted by atomic mass is 10.1. The molecule has 0 N–H and O–H groups in total. The van der Waals surface area contributed by atoms with E-state index in [2.05, 4.69) is 33.9 Å². The molecule has 0 saturated carbocycles. The van der Waals surface area contributed by atoms with Gasteiger partial charge in [0.1, 0.15) is 6.10 Å². The van der Waals surface area contributed by atoms with Gasteiger partial charge < -0.3 is 13.9 Å². The lowest BCUT2D eigenvalue weighted by Crippen LogP contribution is -2.41. The second kappa shape index (κ2) is 6.26. The zero-order chi connectivity index (χ0) is 15.6. The fourth-order valence-electron chi connectivity index (χ4n) is 1.80. The third-order valence-electron chi connectivity index (χ3n) is 4.20. The first-order valence-corrected chi connectivity index (χ1v) is 10.3. The van der Waals surface area contributed by atoms with Gasteiger partial charge in [0.2, 0.25) is 0 Å². The highest BCUT2D eigenvalue weighted by Crippen LogP contribution is 2.36. The molecule has 0 amide bonds. The van der Waals surface area contributed by atoms with E-state index in [-0.39, 0.29) is 10.8 Å². The Balaban J connectivity index is 2.27. The van der Waals surface area contributed by atoms with Crippen LogP contribution in [0.4, 0.5) is 0 Å². The van der Waals surface area contributed by atoms with E-state index in [1.807, 2.05) is 13.8 Å². The lowest BCUT2D eigenvalue weighted by Gasteiger charge is -2.36. The summed E-state index contributed by atoms with van der Waals surface area (Å²) in [5, 5.41) is 0.212. The monoisotopic (exact) mass is 302 g/mol. The fourth-order valence-corrected chi connectivity index (χ4v) is 2.88. The van der Waals surface area contributed by atoms with Gasteiger partial charge in [0.15, 0.2) is 19.9 Å². The maximum atomic E-state index is 12.0. The fraction of sp³-hybridized carbons (Fsp3) is 0.933. The minimum absolute atomic E-state index is 0.120. The van der Waals surface area contributed by atoms with Crippen molar-refractivity contribution in [2.75, 3.05) is 13.2 Å². The first-order valence-electron chi connectivity index (χ1n) is 7.43. The minimum Gasteiger partial charge on any atom is -0.417 e. The third kappa shape index (κ3) is 4.95. The van der Waals surface area contributed by atoms with Crippen LogP contribution in [-0.2, 0) is 18.7 Å². The highest BCUT2D eigenvalue weighted by molar-refractivity contribution is 6.74. The van der Waals surface area contributed by atoms with Crippen molar-refractivity contribution < 1.29 is 18.7 Å². The number of ether oxygens (including phenoxy) is 2. The third-order valence-corrected chi connectivity index (χ3v) is 8.74. The molecule has 1 aliphatic rings. The number of ketones is 1. The van der Waals surface area contributed by atoms with Gasteiger partial charge in [-0.05, 0) is 38.4 Å². The van der Waals surface area contributed by atoms with Gasteiger partial charge in [0, 0.05) is 13.0 Å². The summed E-state index contributed by atoms with van der Waals surface area (Å²) in [6.07, 6.45) is 0.850. The molecule has 1 fully saturated rings. The Morgan fingerprint density at radius 3 is 2.40 bits per heavy atom. The van der Waals surface area contributed by atoms with E-state index in [4.69, 9.17) is 13.9 Å². The number of rotatable bonds is 6. The number of carbonyl (C=O) groups excluding carboxylic acids is 1. The van der Waals surface area contributed by atoms with Gasteiger partial charge in [-0.15, -0.1) is 0 Å². The largest absolute Gasteiger partial charge is 0.417 e. The van der Waals surface area contributed by atoms with Crippen LogP contribution in [-0.4, -0.2) is 39.2 Å². The molecule has 20 heavy (non-hydrogen) atoms. The smallest absolute Gasteiger partial charge is 0.191 e. The number of carbonyl (C=O) groups is 1. The van der Waals surface area contributed by atoms with Crippen molar-refractivity contribution in [3.05, 3.63) is 0 Å². The van der Waals surface area contributed by atoms with Crippen molar-refractivity contribution in [3.63, 3.8) is 0 Å². The molecule has 4 nitrogen and oxygen atoms in total. The van der Waals surface area contributed by atoms with E-state index in [0.717, 1.165) is 6.42 Å². The highest BCUT2D eigenvalue weighted by atomic mass is 28.4. The first kappa shape index (κ1) is 17.8. The van der Waals surface area contributed by atoms with Crippen LogP contribution < -0.4 is 0 Å². The van der Waals surface area contributed by atoms with Crippen molar-refractivity contribution in [1.29, 1.82) is 0 Å². The molecule has 118 valence electrons. The summed E-state index contributed by atoms with van der Waals surface area (Å²) in [4.78, 5) is 12.0. The first-order chi connectivity index (χ1) is 8.95. The van der Waals surface area contributed by atoms with Gasteiger partial charge in [-0.3, -0.25) is 4.79 Å². The van der Waals surface area contributed by atoms with Crippen LogP contribution in [0.25, 0.3) is 0 Å². The summed E-state index contributed by atoms with van der Waals surface area (Å²) in [5.41, 5.74) is 0. The molecule has 0 aromatic heterocycles. The number of hydrogen-bond donors (Lipinski definition) is 0. The zero-order valence-electron chi connectivity index (χ0n) is 14.0. The average molecular weight is 302 g/mol. The Hall–Kier alpha value is -0.233. The summed E-state index contributed by atoms with van der Waals surface area (Å²) in [6.45, 7) is 15.8. The molecule has 1 heterocycles. The molecule has 0 radical (unpaired) electrons. The van der Waals surface area contributed by atoms with Crippen LogP contribution >= 0.6 is 0 Å². The minimum atomic E-state index is -1.70. The molecule has 5 heteroatoms. The van der Waals surface area contributed by atoms with E-state index >= 15 is 0 Å². The van der Waals surface area contributed by atoms with E-state index < -0.39 is 20.2 Å². The Kier molecular flexibility index (Phi) is 5.58. The van der Waals surface area contributed by atoms with Crippen LogP contribution in [0.2, 0.25) is 18.1 Å². The summed E-state index contributed by atoms with van der Waals surface area (Å²) < 4.78 is 17.0. The standard InChI is InChI=1S/C15H30O4Si/c1-14(2,3)20(6,7)18-10-8-9-12(16)13-11-17-15(4,5)19-13/h13H,8-11H2,1-7H3/t13-/m1/s1. The second-order valence-electron chi connectivity index (χ2n) is 7.50. The van der Waals surface area contributed by atoms with E-state index in [1.165, 1.54) is 0 Å². The van der Waals surface area contributed by atoms with Crippen molar-refractivity contribution in [2.45, 2.75) is 77.5 Å². The van der Waals surface area contributed by atoms with Crippen LogP contribution in [0.3, 0.4) is 0 Å². The lowest BCUT2D eigenvalue weighted by molar-refractivity contribution is -0.152. The summed E-state index contributed by atoms with van der Waals surface area (Å²) in [5.74, 6) is -0.507. The molecule has 0 spiro atoms. The zero-order valence-corrected chi connectivity index (χ0v) is 15.0. The molecule has 1 saturated heterocycles. The van der Waals surface area contributed by atoms with Crippen molar-refractivity contribution >= 4 is 14.1 Å². The summed E-state index contributed by atoms with van der Waals surface area (Å²) >= 11 is 0. The molecule has 0 aliphatic carbocycles. The van der Waals surface area contributed by atoms with Gasteiger partial charge in [-0.2, -0.15) is 0 Å². The summed E-state index contributed by atoms with van der Waals surface area (Å²) in [6, 6.07) is 0. The Morgan fingerprint density at radius 1 is 1.35 bits per heavy atom. The molecule has 0 unspecified atom stereocenters. The number of hydrogen-bond acceptors (Lipinski definition) is 4. The maximum Gasteiger partial charge on any atom is 0.191 e. The highest BCUT2D eigenvalue weighted by Gasteiger charge is 2.38. The van der Waals surface area contributed by atoms with Gasteiger partial charge >= 0.3 is 0 Å². The Bertz CT molecular complexity index is 344. The molecular formula is C15H30O4Si. The molecular weight excluding hydrogens is 272 g/mol.